The maximum atomic E-state index is 13.6. The van der Waals surface area contributed by atoms with E-state index < -0.39 is 0 Å². The molecule has 1 N–H and O–H groups in total. The predicted molar refractivity (Wildman–Crippen MR) is 96.4 cm³/mol. The van der Waals surface area contributed by atoms with E-state index in [4.69, 9.17) is 4.74 Å². The molecule has 0 radical (unpaired) electrons. The lowest BCUT2D eigenvalue weighted by molar-refractivity contribution is -0.120. The van der Waals surface area contributed by atoms with Crippen LogP contribution >= 0.6 is 0 Å². The van der Waals surface area contributed by atoms with Gasteiger partial charge in [-0.15, -0.1) is 0 Å². The van der Waals surface area contributed by atoms with Crippen LogP contribution in [0.5, 0.6) is 5.75 Å². The lowest BCUT2D eigenvalue weighted by Crippen LogP contribution is -2.32. The number of carbonyl (C=O) groups excluding carboxylic acids is 1. The van der Waals surface area contributed by atoms with Crippen LogP contribution in [-0.4, -0.2) is 32.7 Å². The van der Waals surface area contributed by atoms with E-state index in [0.29, 0.717) is 18.0 Å². The highest BCUT2D eigenvalue weighted by molar-refractivity contribution is 5.78. The number of nitrogens with one attached hydrogen (secondary N) is 1. The Kier molecular flexibility index (Phi) is 5.53. The average molecular weight is 342 g/mol. The topological polar surface area (TPSA) is 41.6 Å². The van der Waals surface area contributed by atoms with Gasteiger partial charge in [0.2, 0.25) is 5.91 Å². The SMILES string of the molecule is COc1cccc(N2CCC(CNC(=O)Cc3ccccc3F)C2)c1. The monoisotopic (exact) mass is 342 g/mol. The number of ether oxygens (including phenoxy) is 1. The summed E-state index contributed by atoms with van der Waals surface area (Å²) in [6.07, 6.45) is 1.11. The molecule has 1 unspecified atom stereocenters. The van der Waals surface area contributed by atoms with Crippen molar-refractivity contribution in [3.63, 3.8) is 0 Å². The third-order valence-electron chi connectivity index (χ3n) is 4.60. The third kappa shape index (κ3) is 4.50. The molecule has 2 aromatic rings. The van der Waals surface area contributed by atoms with Crippen molar-refractivity contribution in [1.29, 1.82) is 0 Å². The molecule has 1 fully saturated rings. The fraction of sp³-hybridized carbons (Fsp3) is 0.350. The highest BCUT2D eigenvalue weighted by atomic mass is 19.1. The van der Waals surface area contributed by atoms with E-state index in [1.165, 1.54) is 6.07 Å². The Balaban J connectivity index is 1.48. The van der Waals surface area contributed by atoms with Gasteiger partial charge >= 0.3 is 0 Å². The number of nitrogens with zero attached hydrogens (tertiary/aromatic N) is 1. The van der Waals surface area contributed by atoms with Gasteiger partial charge in [0, 0.05) is 31.4 Å². The van der Waals surface area contributed by atoms with E-state index >= 15 is 0 Å². The Morgan fingerprint density at radius 1 is 1.28 bits per heavy atom. The minimum Gasteiger partial charge on any atom is -0.497 e. The highest BCUT2D eigenvalue weighted by Crippen LogP contribution is 2.26. The molecule has 4 nitrogen and oxygen atoms in total. The Morgan fingerprint density at radius 2 is 2.12 bits per heavy atom. The zero-order chi connectivity index (χ0) is 17.6. The number of rotatable bonds is 6. The molecule has 5 heteroatoms. The van der Waals surface area contributed by atoms with E-state index in [9.17, 15) is 9.18 Å². The zero-order valence-corrected chi connectivity index (χ0v) is 14.4. The van der Waals surface area contributed by atoms with Gasteiger partial charge in [-0.25, -0.2) is 4.39 Å². The lowest BCUT2D eigenvalue weighted by Gasteiger charge is -2.19. The van der Waals surface area contributed by atoms with Crippen LogP contribution in [0.25, 0.3) is 0 Å². The fourth-order valence-corrected chi connectivity index (χ4v) is 3.18. The minimum absolute atomic E-state index is 0.0823. The van der Waals surface area contributed by atoms with Crippen LogP contribution in [0.1, 0.15) is 12.0 Å². The first kappa shape index (κ1) is 17.3. The minimum atomic E-state index is -0.331. The third-order valence-corrected chi connectivity index (χ3v) is 4.60. The summed E-state index contributed by atoms with van der Waals surface area (Å²) in [6.45, 7) is 2.47. The number of anilines is 1. The predicted octanol–water partition coefficient (Wildman–Crippen LogP) is 3.02. The Morgan fingerprint density at radius 3 is 2.92 bits per heavy atom. The Hall–Kier alpha value is -2.56. The van der Waals surface area contributed by atoms with Crippen molar-refractivity contribution in [2.45, 2.75) is 12.8 Å². The number of halogens is 1. The molecule has 3 rings (SSSR count). The fourth-order valence-electron chi connectivity index (χ4n) is 3.18. The van der Waals surface area contributed by atoms with Gasteiger partial charge in [0.1, 0.15) is 11.6 Å². The number of benzene rings is 2. The molecule has 0 bridgehead atoms. The summed E-state index contributed by atoms with van der Waals surface area (Å²) in [5, 5.41) is 2.94. The Labute approximate surface area is 147 Å². The van der Waals surface area contributed by atoms with Gasteiger partial charge < -0.3 is 15.0 Å². The second-order valence-electron chi connectivity index (χ2n) is 6.37. The van der Waals surface area contributed by atoms with Gasteiger partial charge in [-0.05, 0) is 36.1 Å². The summed E-state index contributed by atoms with van der Waals surface area (Å²) in [5.74, 6) is 0.780. The molecule has 1 amide bonds. The molecule has 0 spiro atoms. The van der Waals surface area contributed by atoms with E-state index in [2.05, 4.69) is 16.3 Å². The van der Waals surface area contributed by atoms with Crippen molar-refractivity contribution < 1.29 is 13.9 Å². The standard InChI is InChI=1S/C20H23FN2O2/c1-25-18-7-4-6-17(12-18)23-10-9-15(14-23)13-22-20(24)11-16-5-2-3-8-19(16)21/h2-8,12,15H,9-11,13-14H2,1H3,(H,22,24). The van der Waals surface area contributed by atoms with Crippen LogP contribution in [-0.2, 0) is 11.2 Å². The molecule has 1 heterocycles. The molecule has 1 aliphatic heterocycles. The molecule has 1 aliphatic rings. The molecule has 1 saturated heterocycles. The molecule has 0 saturated carbocycles. The molecular weight excluding hydrogens is 319 g/mol. The molecule has 0 aromatic heterocycles. The first-order chi connectivity index (χ1) is 12.2. The molecule has 1 atom stereocenters. The van der Waals surface area contributed by atoms with Gasteiger partial charge in [0.25, 0.3) is 0 Å². The van der Waals surface area contributed by atoms with Gasteiger partial charge in [-0.1, -0.05) is 24.3 Å². The van der Waals surface area contributed by atoms with Gasteiger partial charge in [0.15, 0.2) is 0 Å². The first-order valence-electron chi connectivity index (χ1n) is 8.55. The van der Waals surface area contributed by atoms with Crippen LogP contribution in [0, 0.1) is 11.7 Å². The number of hydrogen-bond acceptors (Lipinski definition) is 3. The Bertz CT molecular complexity index is 735. The van der Waals surface area contributed by atoms with E-state index in [-0.39, 0.29) is 18.1 Å². The number of amides is 1. The first-order valence-corrected chi connectivity index (χ1v) is 8.55. The van der Waals surface area contributed by atoms with Crippen LogP contribution in [0.4, 0.5) is 10.1 Å². The maximum Gasteiger partial charge on any atom is 0.224 e. The highest BCUT2D eigenvalue weighted by Gasteiger charge is 2.23. The van der Waals surface area contributed by atoms with Crippen molar-refractivity contribution in [3.8, 4) is 5.75 Å². The number of hydrogen-bond donors (Lipinski definition) is 1. The van der Waals surface area contributed by atoms with Crippen molar-refractivity contribution in [1.82, 2.24) is 5.32 Å². The van der Waals surface area contributed by atoms with Crippen LogP contribution in [0.2, 0.25) is 0 Å². The molecule has 25 heavy (non-hydrogen) atoms. The van der Waals surface area contributed by atoms with E-state index in [0.717, 1.165) is 30.9 Å². The summed E-state index contributed by atoms with van der Waals surface area (Å²) < 4.78 is 18.9. The average Bonchev–Trinajstić information content (AvgIpc) is 3.11. The second kappa shape index (κ2) is 8.01. The number of carbonyl (C=O) groups is 1. The largest absolute Gasteiger partial charge is 0.497 e. The lowest BCUT2D eigenvalue weighted by atomic mass is 10.1. The van der Waals surface area contributed by atoms with Crippen molar-refractivity contribution in [2.75, 3.05) is 31.6 Å². The van der Waals surface area contributed by atoms with Crippen molar-refractivity contribution in [2.24, 2.45) is 5.92 Å². The van der Waals surface area contributed by atoms with Crippen molar-refractivity contribution >= 4 is 11.6 Å². The van der Waals surface area contributed by atoms with E-state index in [1.54, 1.807) is 25.3 Å². The smallest absolute Gasteiger partial charge is 0.224 e. The van der Waals surface area contributed by atoms with Gasteiger partial charge in [-0.3, -0.25) is 4.79 Å². The van der Waals surface area contributed by atoms with Crippen molar-refractivity contribution in [3.05, 3.63) is 59.9 Å². The van der Waals surface area contributed by atoms with Crippen LogP contribution in [0.3, 0.4) is 0 Å². The molecule has 132 valence electrons. The summed E-state index contributed by atoms with van der Waals surface area (Å²) in [6, 6.07) is 14.4. The number of methoxy groups -OCH3 is 1. The van der Waals surface area contributed by atoms with Gasteiger partial charge in [0.05, 0.1) is 13.5 Å². The van der Waals surface area contributed by atoms with Crippen LogP contribution in [0.15, 0.2) is 48.5 Å². The summed E-state index contributed by atoms with van der Waals surface area (Å²) in [4.78, 5) is 14.4. The van der Waals surface area contributed by atoms with Crippen LogP contribution < -0.4 is 15.0 Å². The summed E-state index contributed by atoms with van der Waals surface area (Å²) in [7, 11) is 1.66. The van der Waals surface area contributed by atoms with E-state index in [1.807, 2.05) is 18.2 Å². The maximum absolute atomic E-state index is 13.6. The second-order valence-corrected chi connectivity index (χ2v) is 6.37. The molecule has 2 aromatic carbocycles. The normalized spacial score (nSPS) is 16.7. The van der Waals surface area contributed by atoms with Gasteiger partial charge in [-0.2, -0.15) is 0 Å². The molecular formula is C20H23FN2O2. The summed E-state index contributed by atoms with van der Waals surface area (Å²) in [5.41, 5.74) is 1.57. The molecule has 0 aliphatic carbocycles. The zero-order valence-electron chi connectivity index (χ0n) is 14.4. The quantitative estimate of drug-likeness (QED) is 0.877. The summed E-state index contributed by atoms with van der Waals surface area (Å²) >= 11 is 0.